The molecule has 2 aromatic carbocycles. The van der Waals surface area contributed by atoms with E-state index in [2.05, 4.69) is 5.32 Å². The minimum atomic E-state index is -1.19. The van der Waals surface area contributed by atoms with Crippen molar-refractivity contribution in [3.63, 3.8) is 0 Å². The van der Waals surface area contributed by atoms with Gasteiger partial charge in [0.15, 0.2) is 0 Å². The average molecular weight is 461 g/mol. The Balaban J connectivity index is 1.38. The smallest absolute Gasteiger partial charge is 0.329 e. The zero-order valence-corrected chi connectivity index (χ0v) is 19.1. The predicted molar refractivity (Wildman–Crippen MR) is 127 cm³/mol. The lowest BCUT2D eigenvalue weighted by Crippen LogP contribution is -2.52. The van der Waals surface area contributed by atoms with Gasteiger partial charge >= 0.3 is 5.97 Å². The Labute approximate surface area is 198 Å². The molecule has 0 radical (unpaired) electrons. The van der Waals surface area contributed by atoms with Crippen molar-refractivity contribution in [3.05, 3.63) is 89.2 Å². The Bertz CT molecular complexity index is 1190. The fourth-order valence-electron chi connectivity index (χ4n) is 4.32. The summed E-state index contributed by atoms with van der Waals surface area (Å²) in [6.07, 6.45) is 4.27. The molecular weight excluding hydrogens is 432 g/mol. The number of rotatable bonds is 9. The van der Waals surface area contributed by atoms with E-state index in [4.69, 9.17) is 4.74 Å². The van der Waals surface area contributed by atoms with Crippen molar-refractivity contribution in [2.45, 2.75) is 44.7 Å². The van der Waals surface area contributed by atoms with E-state index in [1.54, 1.807) is 30.3 Å². The van der Waals surface area contributed by atoms with Gasteiger partial charge in [-0.1, -0.05) is 48.7 Å². The standard InChI is InChI=1S/C27H28N2O5/c1-19-9-11-20(12-10-19)24(30)23-8-5-15-29(23)16-17-34-22-7-4-6-21(18-22)25(31)28-27(26(32)33)13-2-3-14-27/h4-12,15,18H,2-3,13-14,16-17H2,1H3,(H,28,31)(H,32,33). The van der Waals surface area contributed by atoms with Crippen LogP contribution in [0.25, 0.3) is 0 Å². The highest BCUT2D eigenvalue weighted by atomic mass is 16.5. The Morgan fingerprint density at radius 1 is 1.00 bits per heavy atom. The summed E-state index contributed by atoms with van der Waals surface area (Å²) in [4.78, 5) is 37.3. The summed E-state index contributed by atoms with van der Waals surface area (Å²) < 4.78 is 7.68. The van der Waals surface area contributed by atoms with Gasteiger partial charge < -0.3 is 19.7 Å². The monoisotopic (exact) mass is 460 g/mol. The van der Waals surface area contributed by atoms with Crippen LogP contribution in [0.3, 0.4) is 0 Å². The van der Waals surface area contributed by atoms with Gasteiger partial charge in [0.1, 0.15) is 17.9 Å². The van der Waals surface area contributed by atoms with E-state index < -0.39 is 17.4 Å². The number of ketones is 1. The van der Waals surface area contributed by atoms with Crippen molar-refractivity contribution in [2.24, 2.45) is 0 Å². The summed E-state index contributed by atoms with van der Waals surface area (Å²) in [5.41, 5.74) is 1.46. The maximum atomic E-state index is 12.9. The summed E-state index contributed by atoms with van der Waals surface area (Å²) in [6.45, 7) is 2.73. The van der Waals surface area contributed by atoms with Crippen LogP contribution in [-0.2, 0) is 11.3 Å². The minimum Gasteiger partial charge on any atom is -0.492 e. The zero-order chi connectivity index (χ0) is 24.1. The van der Waals surface area contributed by atoms with Gasteiger partial charge in [-0.3, -0.25) is 9.59 Å². The van der Waals surface area contributed by atoms with Crippen LogP contribution in [0.4, 0.5) is 0 Å². The van der Waals surface area contributed by atoms with Gasteiger partial charge in [0.05, 0.1) is 12.2 Å². The first-order chi connectivity index (χ1) is 16.4. The van der Waals surface area contributed by atoms with Crippen molar-refractivity contribution in [3.8, 4) is 5.75 Å². The Morgan fingerprint density at radius 2 is 1.74 bits per heavy atom. The lowest BCUT2D eigenvalue weighted by molar-refractivity contribution is -0.144. The van der Waals surface area contributed by atoms with Crippen molar-refractivity contribution >= 4 is 17.7 Å². The fraction of sp³-hybridized carbons (Fsp3) is 0.296. The normalized spacial score (nSPS) is 14.5. The zero-order valence-electron chi connectivity index (χ0n) is 19.1. The van der Waals surface area contributed by atoms with Crippen LogP contribution in [-0.4, -0.2) is 39.5 Å². The first kappa shape index (κ1) is 23.3. The van der Waals surface area contributed by atoms with Crippen LogP contribution in [0.5, 0.6) is 5.75 Å². The van der Waals surface area contributed by atoms with E-state index in [1.807, 2.05) is 48.0 Å². The lowest BCUT2D eigenvalue weighted by Gasteiger charge is -2.25. The molecule has 7 nitrogen and oxygen atoms in total. The van der Waals surface area contributed by atoms with Crippen molar-refractivity contribution < 1.29 is 24.2 Å². The molecule has 7 heteroatoms. The van der Waals surface area contributed by atoms with Gasteiger partial charge in [-0.05, 0) is 50.1 Å². The number of carbonyl (C=O) groups is 3. The van der Waals surface area contributed by atoms with E-state index in [0.29, 0.717) is 48.6 Å². The molecule has 1 amide bonds. The molecule has 0 saturated heterocycles. The number of carbonyl (C=O) groups excluding carboxylic acids is 2. The van der Waals surface area contributed by atoms with Crippen molar-refractivity contribution in [1.29, 1.82) is 0 Å². The number of benzene rings is 2. The molecule has 1 fully saturated rings. The van der Waals surface area contributed by atoms with Gasteiger partial charge in [0, 0.05) is 17.3 Å². The number of amides is 1. The number of aliphatic carboxylic acids is 1. The number of ether oxygens (including phenoxy) is 1. The first-order valence-corrected chi connectivity index (χ1v) is 11.4. The SMILES string of the molecule is Cc1ccc(C(=O)c2cccn2CCOc2cccc(C(=O)NC3(C(=O)O)CCCC3)c2)cc1. The quantitative estimate of drug-likeness (QED) is 0.466. The molecule has 34 heavy (non-hydrogen) atoms. The summed E-state index contributed by atoms with van der Waals surface area (Å²) in [5.74, 6) is -0.968. The molecule has 1 saturated carbocycles. The van der Waals surface area contributed by atoms with Gasteiger partial charge in [-0.2, -0.15) is 0 Å². The molecule has 4 rings (SSSR count). The summed E-state index contributed by atoms with van der Waals surface area (Å²) >= 11 is 0. The van der Waals surface area contributed by atoms with Gasteiger partial charge in [-0.15, -0.1) is 0 Å². The van der Waals surface area contributed by atoms with Gasteiger partial charge in [0.2, 0.25) is 5.78 Å². The highest BCUT2D eigenvalue weighted by Gasteiger charge is 2.42. The first-order valence-electron chi connectivity index (χ1n) is 11.4. The molecule has 1 heterocycles. The number of aryl methyl sites for hydroxylation is 1. The second-order valence-electron chi connectivity index (χ2n) is 8.71. The van der Waals surface area contributed by atoms with Crippen LogP contribution in [0.2, 0.25) is 0 Å². The summed E-state index contributed by atoms with van der Waals surface area (Å²) in [6, 6.07) is 17.8. The number of nitrogens with zero attached hydrogens (tertiary/aromatic N) is 1. The second kappa shape index (κ2) is 9.95. The molecule has 1 aliphatic rings. The van der Waals surface area contributed by atoms with Crippen molar-refractivity contribution in [1.82, 2.24) is 9.88 Å². The van der Waals surface area contributed by atoms with E-state index in [9.17, 15) is 19.5 Å². The third-order valence-electron chi connectivity index (χ3n) is 6.29. The van der Waals surface area contributed by atoms with Crippen LogP contribution in [0, 0.1) is 6.92 Å². The van der Waals surface area contributed by atoms with Crippen LogP contribution < -0.4 is 10.1 Å². The van der Waals surface area contributed by atoms with E-state index >= 15 is 0 Å². The number of nitrogens with one attached hydrogen (secondary N) is 1. The van der Waals surface area contributed by atoms with Crippen LogP contribution in [0.1, 0.15) is 57.7 Å². The van der Waals surface area contributed by atoms with Crippen molar-refractivity contribution in [2.75, 3.05) is 6.61 Å². The molecule has 1 aliphatic carbocycles. The largest absolute Gasteiger partial charge is 0.492 e. The van der Waals surface area contributed by atoms with Crippen LogP contribution >= 0.6 is 0 Å². The summed E-state index contributed by atoms with van der Waals surface area (Å²) in [5, 5.41) is 12.3. The number of hydrogen-bond acceptors (Lipinski definition) is 4. The molecule has 0 bridgehead atoms. The highest BCUT2D eigenvalue weighted by molar-refractivity contribution is 6.08. The molecule has 1 aromatic heterocycles. The summed E-state index contributed by atoms with van der Waals surface area (Å²) in [7, 11) is 0. The Hall–Kier alpha value is -3.87. The Morgan fingerprint density at radius 3 is 2.44 bits per heavy atom. The molecule has 0 spiro atoms. The topological polar surface area (TPSA) is 97.6 Å². The van der Waals surface area contributed by atoms with Crippen LogP contribution in [0.15, 0.2) is 66.9 Å². The number of carboxylic acid groups (broad SMARTS) is 1. The third kappa shape index (κ3) is 5.03. The fourth-order valence-corrected chi connectivity index (χ4v) is 4.32. The minimum absolute atomic E-state index is 0.0528. The number of aromatic nitrogens is 1. The lowest BCUT2D eigenvalue weighted by atomic mass is 9.97. The van der Waals surface area contributed by atoms with Gasteiger partial charge in [-0.25, -0.2) is 4.79 Å². The molecule has 0 aliphatic heterocycles. The predicted octanol–water partition coefficient (Wildman–Crippen LogP) is 4.23. The average Bonchev–Trinajstić information content (AvgIpc) is 3.50. The molecule has 0 atom stereocenters. The second-order valence-corrected chi connectivity index (χ2v) is 8.71. The molecule has 0 unspecified atom stereocenters. The number of carboxylic acids is 1. The molecule has 2 N–H and O–H groups in total. The van der Waals surface area contributed by atoms with E-state index in [-0.39, 0.29) is 5.78 Å². The number of hydrogen-bond donors (Lipinski definition) is 2. The van der Waals surface area contributed by atoms with E-state index in [1.165, 1.54) is 0 Å². The van der Waals surface area contributed by atoms with Gasteiger partial charge in [0.25, 0.3) is 5.91 Å². The maximum absolute atomic E-state index is 12.9. The molecular formula is C27H28N2O5. The molecule has 3 aromatic rings. The maximum Gasteiger partial charge on any atom is 0.329 e. The third-order valence-corrected chi connectivity index (χ3v) is 6.29. The van der Waals surface area contributed by atoms with E-state index in [0.717, 1.165) is 18.4 Å². The highest BCUT2D eigenvalue weighted by Crippen LogP contribution is 2.30. The molecule has 176 valence electrons. The Kier molecular flexibility index (Phi) is 6.82.